The van der Waals surface area contributed by atoms with Crippen LogP contribution >= 0.6 is 15.6 Å². The summed E-state index contributed by atoms with van der Waals surface area (Å²) in [6, 6.07) is 0. The molecule has 17 nitrogen and oxygen atoms in total. The number of hydrogen-bond donors (Lipinski definition) is 3. The molecule has 0 rings (SSSR count). The molecule has 0 bridgehead atoms. The summed E-state index contributed by atoms with van der Waals surface area (Å²) in [6.07, 6.45) is 78.1. The highest BCUT2D eigenvalue weighted by Crippen LogP contribution is 2.45. The van der Waals surface area contributed by atoms with E-state index < -0.39 is 97.5 Å². The lowest BCUT2D eigenvalue weighted by atomic mass is 9.99. The smallest absolute Gasteiger partial charge is 0.462 e. The van der Waals surface area contributed by atoms with E-state index in [0.717, 1.165) is 102 Å². The topological polar surface area (TPSA) is 237 Å². The van der Waals surface area contributed by atoms with Crippen LogP contribution in [0.25, 0.3) is 0 Å². The molecule has 6 atom stereocenters. The van der Waals surface area contributed by atoms with Gasteiger partial charge in [0.15, 0.2) is 12.2 Å². The van der Waals surface area contributed by atoms with Gasteiger partial charge < -0.3 is 33.8 Å². The fraction of sp³-hybridized carbons (Fsp3) is 0.957. The van der Waals surface area contributed by atoms with E-state index in [1.165, 1.54) is 308 Å². The Balaban J connectivity index is 5.21. The first-order chi connectivity index (χ1) is 53.9. The summed E-state index contributed by atoms with van der Waals surface area (Å²) < 4.78 is 69.1. The Morgan fingerprint density at radius 1 is 0.261 bits per heavy atom. The van der Waals surface area contributed by atoms with Crippen molar-refractivity contribution in [3.05, 3.63) is 0 Å². The van der Waals surface area contributed by atoms with Crippen LogP contribution in [0.5, 0.6) is 0 Å². The average Bonchev–Trinajstić information content (AvgIpc) is 0.900. The molecule has 660 valence electrons. The molecular formula is C92H180O17P2. The molecule has 0 aromatic heterocycles. The number of phosphoric ester groups is 2. The minimum Gasteiger partial charge on any atom is -0.462 e. The van der Waals surface area contributed by atoms with Gasteiger partial charge in [-0.05, 0) is 37.5 Å². The van der Waals surface area contributed by atoms with Gasteiger partial charge in [-0.15, -0.1) is 0 Å². The van der Waals surface area contributed by atoms with Gasteiger partial charge in [0.2, 0.25) is 0 Å². The Hall–Kier alpha value is -1.94. The van der Waals surface area contributed by atoms with Crippen molar-refractivity contribution in [2.45, 2.75) is 516 Å². The Kier molecular flexibility index (Phi) is 81.7. The predicted molar refractivity (Wildman–Crippen MR) is 460 cm³/mol. The van der Waals surface area contributed by atoms with Crippen LogP contribution in [0, 0.1) is 11.8 Å². The summed E-state index contributed by atoms with van der Waals surface area (Å²) in [6.45, 7) is 9.72. The predicted octanol–water partition coefficient (Wildman–Crippen LogP) is 28.6. The molecule has 0 radical (unpaired) electrons. The first kappa shape index (κ1) is 109. The summed E-state index contributed by atoms with van der Waals surface area (Å²) in [4.78, 5) is 73.4. The maximum atomic E-state index is 13.2. The maximum Gasteiger partial charge on any atom is 0.472 e. The second-order valence-electron chi connectivity index (χ2n) is 33.8. The van der Waals surface area contributed by atoms with E-state index in [9.17, 15) is 43.2 Å². The fourth-order valence-corrected chi connectivity index (χ4v) is 16.0. The highest BCUT2D eigenvalue weighted by Gasteiger charge is 2.31. The number of carbonyl (C=O) groups excluding carboxylic acids is 4. The molecule has 0 aliphatic heterocycles. The number of phosphoric acid groups is 2. The molecule has 0 amide bonds. The minimum atomic E-state index is -4.97. The van der Waals surface area contributed by atoms with Gasteiger partial charge >= 0.3 is 39.5 Å². The fourth-order valence-electron chi connectivity index (χ4n) is 14.4. The average molecular weight is 1620 g/mol. The van der Waals surface area contributed by atoms with Crippen molar-refractivity contribution in [1.29, 1.82) is 0 Å². The third kappa shape index (κ3) is 84.3. The van der Waals surface area contributed by atoms with Crippen LogP contribution in [0.15, 0.2) is 0 Å². The van der Waals surface area contributed by atoms with Crippen molar-refractivity contribution in [1.82, 2.24) is 0 Å². The van der Waals surface area contributed by atoms with Gasteiger partial charge in [-0.3, -0.25) is 37.3 Å². The number of unbranched alkanes of at least 4 members (excludes halogenated alkanes) is 60. The summed E-state index contributed by atoms with van der Waals surface area (Å²) in [5, 5.41) is 10.7. The monoisotopic (exact) mass is 1620 g/mol. The van der Waals surface area contributed by atoms with Crippen molar-refractivity contribution >= 4 is 39.5 Å². The van der Waals surface area contributed by atoms with E-state index in [0.29, 0.717) is 31.6 Å². The maximum absolute atomic E-state index is 13.2. The molecule has 3 N–H and O–H groups in total. The van der Waals surface area contributed by atoms with Crippen LogP contribution in [0.4, 0.5) is 0 Å². The van der Waals surface area contributed by atoms with Gasteiger partial charge in [0.25, 0.3) is 0 Å². The number of esters is 4. The first-order valence-corrected chi connectivity index (χ1v) is 50.5. The highest BCUT2D eigenvalue weighted by atomic mass is 31.2. The summed E-state index contributed by atoms with van der Waals surface area (Å²) in [5.74, 6) is -0.521. The summed E-state index contributed by atoms with van der Waals surface area (Å²) in [5.41, 5.74) is 0. The molecule has 19 heteroatoms. The lowest BCUT2D eigenvalue weighted by Crippen LogP contribution is -2.30. The van der Waals surface area contributed by atoms with Gasteiger partial charge in [0, 0.05) is 25.7 Å². The molecule has 0 aromatic rings. The molecule has 111 heavy (non-hydrogen) atoms. The van der Waals surface area contributed by atoms with E-state index in [-0.39, 0.29) is 25.7 Å². The molecule has 0 aromatic carbocycles. The Morgan fingerprint density at radius 2 is 0.459 bits per heavy atom. The van der Waals surface area contributed by atoms with E-state index in [2.05, 4.69) is 41.5 Å². The van der Waals surface area contributed by atoms with Crippen LogP contribution in [0.3, 0.4) is 0 Å². The van der Waals surface area contributed by atoms with E-state index in [4.69, 9.17) is 37.0 Å². The molecule has 0 aliphatic rings. The Labute approximate surface area is 683 Å². The van der Waals surface area contributed by atoms with Crippen LogP contribution in [0.1, 0.15) is 497 Å². The third-order valence-electron chi connectivity index (χ3n) is 22.1. The first-order valence-electron chi connectivity index (χ1n) is 47.5. The summed E-state index contributed by atoms with van der Waals surface area (Å²) >= 11 is 0. The van der Waals surface area contributed by atoms with Crippen LogP contribution < -0.4 is 0 Å². The summed E-state index contributed by atoms with van der Waals surface area (Å²) in [7, 11) is -9.94. The highest BCUT2D eigenvalue weighted by molar-refractivity contribution is 7.47. The standard InChI is InChI=1S/C92H180O17P2/c1-7-10-12-14-16-18-20-22-24-26-27-28-29-30-35-38-42-46-50-56-62-68-74-89(94)102-80-87(108-91(96)76-71-65-58-52-48-44-40-36-32-31-34-37-41-45-49-55-61-67-73-85(6)9-3)82-106-110(98,99)104-78-86(93)79-105-111(100,101)107-83-88(81-103-90(95)75-69-63-59-53-54-60-66-72-84(4)5)109-92(97)77-70-64-57-51-47-43-39-33-25-23-21-19-17-15-13-11-8-2/h84-88,93H,7-83H2,1-6H3,(H,98,99)(H,100,101)/t85?,86-,87-,88-/m1/s1. The zero-order valence-corrected chi connectivity index (χ0v) is 75.1. The van der Waals surface area contributed by atoms with Crippen molar-refractivity contribution in [3.8, 4) is 0 Å². The molecular weight excluding hydrogens is 1440 g/mol. The van der Waals surface area contributed by atoms with Gasteiger partial charge in [-0.25, -0.2) is 9.13 Å². The molecule has 0 heterocycles. The second-order valence-corrected chi connectivity index (χ2v) is 36.7. The van der Waals surface area contributed by atoms with E-state index >= 15 is 0 Å². The molecule has 0 saturated heterocycles. The number of hydrogen-bond acceptors (Lipinski definition) is 15. The number of aliphatic hydroxyl groups is 1. The van der Waals surface area contributed by atoms with Crippen molar-refractivity contribution in [3.63, 3.8) is 0 Å². The zero-order valence-electron chi connectivity index (χ0n) is 73.3. The third-order valence-corrected chi connectivity index (χ3v) is 24.0. The molecule has 3 unspecified atom stereocenters. The van der Waals surface area contributed by atoms with Crippen molar-refractivity contribution in [2.24, 2.45) is 11.8 Å². The lowest BCUT2D eigenvalue weighted by molar-refractivity contribution is -0.161. The van der Waals surface area contributed by atoms with Gasteiger partial charge in [0.1, 0.15) is 19.3 Å². The molecule has 0 fully saturated rings. The van der Waals surface area contributed by atoms with Gasteiger partial charge in [0.05, 0.1) is 26.4 Å². The number of carbonyl (C=O) groups is 4. The Morgan fingerprint density at radius 3 is 0.685 bits per heavy atom. The second kappa shape index (κ2) is 83.1. The van der Waals surface area contributed by atoms with E-state index in [1.54, 1.807) is 0 Å². The van der Waals surface area contributed by atoms with Crippen LogP contribution in [-0.2, 0) is 65.4 Å². The van der Waals surface area contributed by atoms with Gasteiger partial charge in [-0.2, -0.15) is 0 Å². The SMILES string of the molecule is CCCCCCCCCCCCCCCCCCCCCCCCC(=O)OC[C@H](COP(=O)(O)OC[C@@H](O)COP(=O)(O)OC[C@@H](COC(=O)CCCCCCCCCC(C)C)OC(=O)CCCCCCCCCCCCCCCCCCC)OC(=O)CCCCCCCCCCCCCCCCCCCCC(C)CC. The van der Waals surface area contributed by atoms with Gasteiger partial charge in [-0.1, -0.05) is 446 Å². The zero-order chi connectivity index (χ0) is 81.3. The number of ether oxygens (including phenoxy) is 4. The van der Waals surface area contributed by atoms with Crippen LogP contribution in [0.2, 0.25) is 0 Å². The number of rotatable bonds is 91. The Bertz CT molecular complexity index is 2120. The van der Waals surface area contributed by atoms with E-state index in [1.807, 2.05) is 0 Å². The van der Waals surface area contributed by atoms with Crippen molar-refractivity contribution < 1.29 is 80.2 Å². The van der Waals surface area contributed by atoms with Crippen LogP contribution in [-0.4, -0.2) is 96.7 Å². The normalized spacial score (nSPS) is 14.0. The molecule has 0 aliphatic carbocycles. The number of aliphatic hydroxyl groups excluding tert-OH is 1. The quantitative estimate of drug-likeness (QED) is 0.0222. The van der Waals surface area contributed by atoms with Crippen molar-refractivity contribution in [2.75, 3.05) is 39.6 Å². The largest absolute Gasteiger partial charge is 0.472 e. The molecule has 0 spiro atoms. The molecule has 0 saturated carbocycles. The lowest BCUT2D eigenvalue weighted by Gasteiger charge is -2.21. The minimum absolute atomic E-state index is 0.108.